The first-order valence-corrected chi connectivity index (χ1v) is 10.8. The average Bonchev–Trinajstić information content (AvgIpc) is 3.11. The number of alkyl halides is 2. The Hall–Kier alpha value is -3.26. The molecule has 0 bridgehead atoms. The van der Waals surface area contributed by atoms with Gasteiger partial charge >= 0.3 is 5.97 Å². The molecule has 9 heteroatoms. The highest BCUT2D eigenvalue weighted by Crippen LogP contribution is 2.45. The Morgan fingerprint density at radius 2 is 1.88 bits per heavy atom. The third-order valence-corrected chi connectivity index (χ3v) is 6.30. The van der Waals surface area contributed by atoms with Crippen molar-refractivity contribution in [2.24, 2.45) is 0 Å². The van der Waals surface area contributed by atoms with E-state index in [1.54, 1.807) is 42.5 Å². The molecular formula is C24H22ClF2N3O3. The highest BCUT2D eigenvalue weighted by Gasteiger charge is 2.46. The van der Waals surface area contributed by atoms with Crippen LogP contribution in [-0.2, 0) is 14.9 Å². The number of hydrogen-bond acceptors (Lipinski definition) is 4. The summed E-state index contributed by atoms with van der Waals surface area (Å²) < 4.78 is 34.0. The molecule has 1 aromatic heterocycles. The zero-order valence-electron chi connectivity index (χ0n) is 18.1. The number of carbonyl (C=O) groups excluding carboxylic acids is 2. The van der Waals surface area contributed by atoms with E-state index in [9.17, 15) is 18.4 Å². The van der Waals surface area contributed by atoms with Crippen LogP contribution in [0.2, 0.25) is 5.02 Å². The van der Waals surface area contributed by atoms with Crippen molar-refractivity contribution in [2.75, 3.05) is 12.4 Å². The number of hydrogen-bond donors (Lipinski definition) is 1. The van der Waals surface area contributed by atoms with Crippen LogP contribution in [0.25, 0.3) is 5.69 Å². The summed E-state index contributed by atoms with van der Waals surface area (Å²) in [4.78, 5) is 25.2. The van der Waals surface area contributed by atoms with Crippen LogP contribution in [0.5, 0.6) is 0 Å². The molecule has 1 aliphatic carbocycles. The smallest absolute Gasteiger partial charge is 0.316 e. The molecule has 3 aromatic rings. The van der Waals surface area contributed by atoms with Crippen molar-refractivity contribution < 1.29 is 23.1 Å². The standard InChI is InChI=1S/C24H22ClF2N3O3/c1-14-19(20(21(26)27)30(29-14)18-6-3-5-16(25)13-18)22(31)28-17-9-7-15(8-10-17)24(11-4-12-24)23(32)33-2/h3,5-10,13,21H,4,11-12H2,1-2H3,(H,28,31). The van der Waals surface area contributed by atoms with E-state index in [-0.39, 0.29) is 17.2 Å². The van der Waals surface area contributed by atoms with Gasteiger partial charge in [-0.05, 0) is 55.7 Å². The number of aromatic nitrogens is 2. The summed E-state index contributed by atoms with van der Waals surface area (Å²) in [5.74, 6) is -0.980. The molecule has 2 aromatic carbocycles. The maximum atomic E-state index is 14.0. The van der Waals surface area contributed by atoms with Gasteiger partial charge in [-0.3, -0.25) is 9.59 Å². The van der Waals surface area contributed by atoms with Crippen molar-refractivity contribution in [1.82, 2.24) is 9.78 Å². The number of anilines is 1. The Labute approximate surface area is 194 Å². The highest BCUT2D eigenvalue weighted by atomic mass is 35.5. The largest absolute Gasteiger partial charge is 0.468 e. The number of esters is 1. The van der Waals surface area contributed by atoms with Crippen LogP contribution >= 0.6 is 11.6 Å². The van der Waals surface area contributed by atoms with Crippen LogP contribution in [0.1, 0.15) is 53.0 Å². The summed E-state index contributed by atoms with van der Waals surface area (Å²) in [6.07, 6.45) is -0.609. The summed E-state index contributed by atoms with van der Waals surface area (Å²) >= 11 is 5.99. The molecule has 1 amide bonds. The summed E-state index contributed by atoms with van der Waals surface area (Å²) in [5.41, 5.74) is 0.350. The Balaban J connectivity index is 1.62. The third-order valence-electron chi connectivity index (χ3n) is 6.06. The molecular weight excluding hydrogens is 452 g/mol. The minimum Gasteiger partial charge on any atom is -0.468 e. The molecule has 1 aliphatic rings. The first-order chi connectivity index (χ1) is 15.8. The number of halogens is 3. The number of amides is 1. The van der Waals surface area contributed by atoms with Crippen LogP contribution in [0, 0.1) is 6.92 Å². The van der Waals surface area contributed by atoms with Gasteiger partial charge in [0.05, 0.1) is 29.5 Å². The van der Waals surface area contributed by atoms with E-state index in [0.717, 1.165) is 16.7 Å². The monoisotopic (exact) mass is 473 g/mol. The number of rotatable bonds is 6. The lowest BCUT2D eigenvalue weighted by molar-refractivity contribution is -0.151. The first kappa shape index (κ1) is 22.9. The van der Waals surface area contributed by atoms with Gasteiger partial charge in [0.25, 0.3) is 12.3 Å². The van der Waals surface area contributed by atoms with Crippen molar-refractivity contribution in [2.45, 2.75) is 38.0 Å². The molecule has 1 heterocycles. The van der Waals surface area contributed by atoms with E-state index >= 15 is 0 Å². The Bertz CT molecular complexity index is 1200. The van der Waals surface area contributed by atoms with Gasteiger partial charge in [-0.25, -0.2) is 13.5 Å². The van der Waals surface area contributed by atoms with E-state index in [1.165, 1.54) is 20.1 Å². The molecule has 1 N–H and O–H groups in total. The number of nitrogens with zero attached hydrogens (tertiary/aromatic N) is 2. The summed E-state index contributed by atoms with van der Waals surface area (Å²) in [7, 11) is 1.36. The second kappa shape index (κ2) is 8.94. The van der Waals surface area contributed by atoms with E-state index in [2.05, 4.69) is 10.4 Å². The fraction of sp³-hybridized carbons (Fsp3) is 0.292. The fourth-order valence-corrected chi connectivity index (χ4v) is 4.42. The molecule has 0 aliphatic heterocycles. The van der Waals surface area contributed by atoms with E-state index in [0.29, 0.717) is 29.2 Å². The SMILES string of the molecule is COC(=O)C1(c2ccc(NC(=O)c3c(C)nn(-c4cccc(Cl)c4)c3C(F)F)cc2)CCC1. The fourth-order valence-electron chi connectivity index (χ4n) is 4.23. The lowest BCUT2D eigenvalue weighted by Gasteiger charge is -2.39. The number of nitrogens with one attached hydrogen (secondary N) is 1. The molecule has 0 saturated heterocycles. The van der Waals surface area contributed by atoms with Crippen molar-refractivity contribution >= 4 is 29.2 Å². The summed E-state index contributed by atoms with van der Waals surface area (Å²) in [5, 5.41) is 7.19. The van der Waals surface area contributed by atoms with Crippen molar-refractivity contribution in [1.29, 1.82) is 0 Å². The highest BCUT2D eigenvalue weighted by molar-refractivity contribution is 6.30. The summed E-state index contributed by atoms with van der Waals surface area (Å²) in [6.45, 7) is 1.50. The van der Waals surface area contributed by atoms with Crippen molar-refractivity contribution in [3.05, 3.63) is 76.1 Å². The molecule has 1 fully saturated rings. The number of benzene rings is 2. The molecule has 4 rings (SSSR count). The molecule has 33 heavy (non-hydrogen) atoms. The van der Waals surface area contributed by atoms with Gasteiger partial charge in [0.1, 0.15) is 5.69 Å². The van der Waals surface area contributed by atoms with E-state index < -0.39 is 23.4 Å². The van der Waals surface area contributed by atoms with Crippen LogP contribution in [-0.4, -0.2) is 28.8 Å². The maximum absolute atomic E-state index is 14.0. The summed E-state index contributed by atoms with van der Waals surface area (Å²) in [6, 6.07) is 13.1. The minimum atomic E-state index is -2.94. The van der Waals surface area contributed by atoms with Crippen LogP contribution in [0.3, 0.4) is 0 Å². The van der Waals surface area contributed by atoms with Gasteiger partial charge in [-0.15, -0.1) is 0 Å². The van der Waals surface area contributed by atoms with Crippen LogP contribution < -0.4 is 5.32 Å². The predicted octanol–water partition coefficient (Wildman–Crippen LogP) is 5.62. The topological polar surface area (TPSA) is 73.2 Å². The van der Waals surface area contributed by atoms with Gasteiger partial charge in [0, 0.05) is 10.7 Å². The molecule has 0 spiro atoms. The molecule has 0 radical (unpaired) electrons. The van der Waals surface area contributed by atoms with Gasteiger partial charge in [0.2, 0.25) is 0 Å². The second-order valence-electron chi connectivity index (χ2n) is 8.00. The zero-order chi connectivity index (χ0) is 23.8. The molecule has 172 valence electrons. The van der Waals surface area contributed by atoms with Gasteiger partial charge in [0.15, 0.2) is 0 Å². The molecule has 1 saturated carbocycles. The third kappa shape index (κ3) is 4.11. The minimum absolute atomic E-state index is 0.165. The van der Waals surface area contributed by atoms with Gasteiger partial charge in [-0.2, -0.15) is 5.10 Å². The molecule has 0 unspecified atom stereocenters. The lowest BCUT2D eigenvalue weighted by atomic mass is 9.64. The number of carbonyl (C=O) groups is 2. The predicted molar refractivity (Wildman–Crippen MR) is 120 cm³/mol. The number of ether oxygens (including phenoxy) is 1. The quantitative estimate of drug-likeness (QED) is 0.472. The Kier molecular flexibility index (Phi) is 6.21. The van der Waals surface area contributed by atoms with E-state index in [4.69, 9.17) is 16.3 Å². The second-order valence-corrected chi connectivity index (χ2v) is 8.43. The van der Waals surface area contributed by atoms with E-state index in [1.807, 2.05) is 0 Å². The zero-order valence-corrected chi connectivity index (χ0v) is 18.8. The van der Waals surface area contributed by atoms with Gasteiger partial charge < -0.3 is 10.1 Å². The normalized spacial score (nSPS) is 14.6. The van der Waals surface area contributed by atoms with Crippen LogP contribution in [0.4, 0.5) is 14.5 Å². The first-order valence-electron chi connectivity index (χ1n) is 10.4. The molecule has 0 atom stereocenters. The Morgan fingerprint density at radius 1 is 1.18 bits per heavy atom. The van der Waals surface area contributed by atoms with Crippen molar-refractivity contribution in [3.8, 4) is 5.69 Å². The number of aryl methyl sites for hydroxylation is 1. The van der Waals surface area contributed by atoms with Gasteiger partial charge in [-0.1, -0.05) is 36.2 Å². The number of methoxy groups -OCH3 is 1. The lowest BCUT2D eigenvalue weighted by Crippen LogP contribution is -2.43. The molecule has 6 nitrogen and oxygen atoms in total. The average molecular weight is 474 g/mol. The maximum Gasteiger partial charge on any atom is 0.316 e. The Morgan fingerprint density at radius 3 is 2.42 bits per heavy atom. The van der Waals surface area contributed by atoms with Crippen molar-refractivity contribution in [3.63, 3.8) is 0 Å². The van der Waals surface area contributed by atoms with Crippen LogP contribution in [0.15, 0.2) is 48.5 Å².